The molecule has 120 valence electrons. The van der Waals surface area contributed by atoms with Gasteiger partial charge in [0.1, 0.15) is 6.61 Å². The molecule has 0 saturated carbocycles. The summed E-state index contributed by atoms with van der Waals surface area (Å²) in [5.41, 5.74) is 7.75. The fourth-order valence-electron chi connectivity index (χ4n) is 1.98. The van der Waals surface area contributed by atoms with Gasteiger partial charge in [-0.1, -0.05) is 36.4 Å². The Bertz CT molecular complexity index is 563. The van der Waals surface area contributed by atoms with E-state index in [0.29, 0.717) is 24.7 Å². The van der Waals surface area contributed by atoms with E-state index < -0.39 is 6.04 Å². The van der Waals surface area contributed by atoms with Crippen molar-refractivity contribution < 1.29 is 14.6 Å². The number of hydrogen-bond donors (Lipinski definition) is 2. The lowest BCUT2D eigenvalue weighted by Crippen LogP contribution is -2.14. The van der Waals surface area contributed by atoms with E-state index in [1.165, 1.54) is 0 Å². The van der Waals surface area contributed by atoms with Gasteiger partial charge in [0.05, 0.1) is 19.3 Å². The SMILES string of the molecule is CCOc1cc([C@@H](N)CO)ccc1OCc1ccccc1.Cl. The molecule has 2 rings (SSSR count). The second kappa shape index (κ2) is 9.30. The summed E-state index contributed by atoms with van der Waals surface area (Å²) in [4.78, 5) is 0. The van der Waals surface area contributed by atoms with E-state index in [1.807, 2.05) is 55.5 Å². The molecule has 0 unspecified atom stereocenters. The van der Waals surface area contributed by atoms with Crippen LogP contribution in [0.1, 0.15) is 24.1 Å². The first-order valence-corrected chi connectivity index (χ1v) is 7.04. The van der Waals surface area contributed by atoms with Gasteiger partial charge in [-0.25, -0.2) is 0 Å². The van der Waals surface area contributed by atoms with Crippen molar-refractivity contribution in [3.63, 3.8) is 0 Å². The lowest BCUT2D eigenvalue weighted by Gasteiger charge is -2.15. The van der Waals surface area contributed by atoms with Gasteiger partial charge >= 0.3 is 0 Å². The molecule has 0 fully saturated rings. The quantitative estimate of drug-likeness (QED) is 0.822. The van der Waals surface area contributed by atoms with Crippen molar-refractivity contribution in [3.8, 4) is 11.5 Å². The fourth-order valence-corrected chi connectivity index (χ4v) is 1.98. The van der Waals surface area contributed by atoms with Crippen molar-refractivity contribution in [2.24, 2.45) is 5.73 Å². The second-order valence-electron chi connectivity index (χ2n) is 4.70. The zero-order valence-electron chi connectivity index (χ0n) is 12.6. The maximum absolute atomic E-state index is 9.13. The predicted molar refractivity (Wildman–Crippen MR) is 89.6 cm³/mol. The maximum Gasteiger partial charge on any atom is 0.161 e. The summed E-state index contributed by atoms with van der Waals surface area (Å²) in [6, 6.07) is 15.0. The van der Waals surface area contributed by atoms with Gasteiger partial charge in [0.15, 0.2) is 11.5 Å². The summed E-state index contributed by atoms with van der Waals surface area (Å²) in [6.45, 7) is 2.83. The first kappa shape index (κ1) is 18.3. The van der Waals surface area contributed by atoms with Gasteiger partial charge in [-0.05, 0) is 30.2 Å². The molecule has 1 atom stereocenters. The van der Waals surface area contributed by atoms with Crippen LogP contribution in [0.3, 0.4) is 0 Å². The molecule has 0 saturated heterocycles. The number of hydrogen-bond acceptors (Lipinski definition) is 4. The van der Waals surface area contributed by atoms with Crippen LogP contribution in [0.5, 0.6) is 11.5 Å². The first-order valence-electron chi connectivity index (χ1n) is 7.04. The molecule has 22 heavy (non-hydrogen) atoms. The van der Waals surface area contributed by atoms with Crippen LogP contribution in [-0.2, 0) is 6.61 Å². The van der Waals surface area contributed by atoms with Gasteiger partial charge in [0.2, 0.25) is 0 Å². The molecule has 4 nitrogen and oxygen atoms in total. The van der Waals surface area contributed by atoms with Crippen molar-refractivity contribution in [2.75, 3.05) is 13.2 Å². The van der Waals surface area contributed by atoms with E-state index >= 15 is 0 Å². The van der Waals surface area contributed by atoms with Crippen LogP contribution in [-0.4, -0.2) is 18.3 Å². The molecular weight excluding hydrogens is 302 g/mol. The third-order valence-electron chi connectivity index (χ3n) is 3.13. The standard InChI is InChI=1S/C17H21NO3.ClH/c1-2-20-17-10-14(15(18)11-19)8-9-16(17)21-12-13-6-4-3-5-7-13;/h3-10,15,19H,2,11-12,18H2,1H3;1H/t15-;/m0./s1. The van der Waals surface area contributed by atoms with Crippen molar-refractivity contribution >= 4 is 12.4 Å². The van der Waals surface area contributed by atoms with E-state index in [4.69, 9.17) is 20.3 Å². The molecule has 0 radical (unpaired) electrons. The highest BCUT2D eigenvalue weighted by molar-refractivity contribution is 5.85. The number of rotatable bonds is 7. The Morgan fingerprint density at radius 3 is 2.41 bits per heavy atom. The van der Waals surface area contributed by atoms with Crippen LogP contribution < -0.4 is 15.2 Å². The molecule has 5 heteroatoms. The van der Waals surface area contributed by atoms with Gasteiger partial charge in [-0.15, -0.1) is 12.4 Å². The normalized spacial score (nSPS) is 11.4. The monoisotopic (exact) mass is 323 g/mol. The summed E-state index contributed by atoms with van der Waals surface area (Å²) in [7, 11) is 0. The molecule has 0 spiro atoms. The van der Waals surface area contributed by atoms with Gasteiger partial charge < -0.3 is 20.3 Å². The Hall–Kier alpha value is -1.75. The average molecular weight is 324 g/mol. The summed E-state index contributed by atoms with van der Waals surface area (Å²) in [5.74, 6) is 1.32. The van der Waals surface area contributed by atoms with Crippen LogP contribution in [0, 0.1) is 0 Å². The molecule has 2 aromatic carbocycles. The smallest absolute Gasteiger partial charge is 0.161 e. The summed E-state index contributed by atoms with van der Waals surface area (Å²) in [6.07, 6.45) is 0. The van der Waals surface area contributed by atoms with Gasteiger partial charge in [-0.2, -0.15) is 0 Å². The molecule has 0 aliphatic rings. The Morgan fingerprint density at radius 1 is 1.05 bits per heavy atom. The molecule has 0 aliphatic carbocycles. The third kappa shape index (κ3) is 4.91. The van der Waals surface area contributed by atoms with Gasteiger partial charge in [0, 0.05) is 0 Å². The zero-order valence-corrected chi connectivity index (χ0v) is 13.4. The van der Waals surface area contributed by atoms with Crippen molar-refractivity contribution in [3.05, 3.63) is 59.7 Å². The Morgan fingerprint density at radius 2 is 1.77 bits per heavy atom. The average Bonchev–Trinajstić information content (AvgIpc) is 2.54. The maximum atomic E-state index is 9.13. The van der Waals surface area contributed by atoms with E-state index in [1.54, 1.807) is 0 Å². The number of benzene rings is 2. The number of ether oxygens (including phenoxy) is 2. The zero-order chi connectivity index (χ0) is 15.1. The minimum Gasteiger partial charge on any atom is -0.490 e. The first-order chi connectivity index (χ1) is 10.2. The van der Waals surface area contributed by atoms with Crippen molar-refractivity contribution in [2.45, 2.75) is 19.6 Å². The molecule has 0 aliphatic heterocycles. The topological polar surface area (TPSA) is 64.7 Å². The third-order valence-corrected chi connectivity index (χ3v) is 3.13. The minimum absolute atomic E-state index is 0. The van der Waals surface area contributed by atoms with Crippen LogP contribution in [0.2, 0.25) is 0 Å². The molecule has 0 aromatic heterocycles. The van der Waals surface area contributed by atoms with E-state index in [-0.39, 0.29) is 19.0 Å². The number of aliphatic hydroxyl groups is 1. The number of halogens is 1. The minimum atomic E-state index is -0.410. The molecule has 0 heterocycles. The molecule has 0 bridgehead atoms. The highest BCUT2D eigenvalue weighted by atomic mass is 35.5. The van der Waals surface area contributed by atoms with E-state index in [9.17, 15) is 0 Å². The number of nitrogens with two attached hydrogens (primary N) is 1. The van der Waals surface area contributed by atoms with Crippen LogP contribution in [0.15, 0.2) is 48.5 Å². The van der Waals surface area contributed by atoms with Crippen LogP contribution in [0.4, 0.5) is 0 Å². The lowest BCUT2D eigenvalue weighted by molar-refractivity contribution is 0.262. The van der Waals surface area contributed by atoms with E-state index in [0.717, 1.165) is 11.1 Å². The molecule has 2 aromatic rings. The van der Waals surface area contributed by atoms with Crippen LogP contribution in [0.25, 0.3) is 0 Å². The summed E-state index contributed by atoms with van der Waals surface area (Å²) < 4.78 is 11.4. The van der Waals surface area contributed by atoms with Crippen molar-refractivity contribution in [1.29, 1.82) is 0 Å². The van der Waals surface area contributed by atoms with Crippen LogP contribution >= 0.6 is 12.4 Å². The second-order valence-corrected chi connectivity index (χ2v) is 4.70. The number of aliphatic hydroxyl groups excluding tert-OH is 1. The highest BCUT2D eigenvalue weighted by Gasteiger charge is 2.11. The highest BCUT2D eigenvalue weighted by Crippen LogP contribution is 2.30. The Labute approximate surface area is 137 Å². The Balaban J connectivity index is 0.00000242. The van der Waals surface area contributed by atoms with E-state index in [2.05, 4.69) is 0 Å². The predicted octanol–water partition coefficient (Wildman–Crippen LogP) is 3.08. The Kier molecular flexibility index (Phi) is 7.74. The molecular formula is C17H22ClNO3. The summed E-state index contributed by atoms with van der Waals surface area (Å²) in [5, 5.41) is 9.13. The van der Waals surface area contributed by atoms with Gasteiger partial charge in [-0.3, -0.25) is 0 Å². The largest absolute Gasteiger partial charge is 0.490 e. The molecule has 0 amide bonds. The molecule has 3 N–H and O–H groups in total. The lowest BCUT2D eigenvalue weighted by atomic mass is 10.1. The van der Waals surface area contributed by atoms with Crippen molar-refractivity contribution in [1.82, 2.24) is 0 Å². The fraction of sp³-hybridized carbons (Fsp3) is 0.294. The summed E-state index contributed by atoms with van der Waals surface area (Å²) >= 11 is 0. The van der Waals surface area contributed by atoms with Gasteiger partial charge in [0.25, 0.3) is 0 Å².